The Kier molecular flexibility index (Phi) is 3.23. The maximum absolute atomic E-state index is 11.7. The Balaban J connectivity index is 1.95. The maximum atomic E-state index is 11.7. The number of rotatable bonds is 3. The van der Waals surface area contributed by atoms with Crippen LogP contribution in [0, 0.1) is 13.8 Å². The van der Waals surface area contributed by atoms with E-state index in [2.05, 4.69) is 10.5 Å². The first kappa shape index (κ1) is 11.4. The van der Waals surface area contributed by atoms with Crippen molar-refractivity contribution >= 4 is 11.8 Å². The fourth-order valence-electron chi connectivity index (χ4n) is 1.50. The van der Waals surface area contributed by atoms with Crippen molar-refractivity contribution < 1.29 is 9.32 Å². The van der Waals surface area contributed by atoms with E-state index in [9.17, 15) is 4.79 Å². The number of carbonyl (C=O) groups excluding carboxylic acids is 1. The molecule has 0 radical (unpaired) electrons. The van der Waals surface area contributed by atoms with Gasteiger partial charge in [0.15, 0.2) is 0 Å². The molecule has 2 aromatic rings. The van der Waals surface area contributed by atoms with Gasteiger partial charge in [-0.3, -0.25) is 10.1 Å². The minimum atomic E-state index is -0.106. The smallest absolute Gasteiger partial charge is 0.231 e. The lowest BCUT2D eigenvalue weighted by Crippen LogP contribution is -2.13. The molecule has 1 aromatic carbocycles. The number of amides is 1. The molecule has 1 amide bonds. The summed E-state index contributed by atoms with van der Waals surface area (Å²) in [6, 6.07) is 9.55. The molecule has 88 valence electrons. The van der Waals surface area contributed by atoms with Crippen LogP contribution in [0.1, 0.15) is 16.8 Å². The first-order chi connectivity index (χ1) is 8.13. The number of nitrogens with zero attached hydrogens (tertiary/aromatic N) is 1. The summed E-state index contributed by atoms with van der Waals surface area (Å²) in [5.41, 5.74) is 2.90. The topological polar surface area (TPSA) is 55.1 Å². The van der Waals surface area contributed by atoms with Crippen molar-refractivity contribution in [3.63, 3.8) is 0 Å². The second kappa shape index (κ2) is 4.82. The zero-order valence-electron chi connectivity index (χ0n) is 9.86. The summed E-state index contributed by atoms with van der Waals surface area (Å²) >= 11 is 0. The van der Waals surface area contributed by atoms with Gasteiger partial charge in [0.25, 0.3) is 0 Å². The highest BCUT2D eigenvalue weighted by molar-refractivity contribution is 5.90. The summed E-state index contributed by atoms with van der Waals surface area (Å²) in [7, 11) is 0. The Morgan fingerprint density at radius 1 is 1.29 bits per heavy atom. The van der Waals surface area contributed by atoms with Crippen LogP contribution in [0.2, 0.25) is 0 Å². The van der Waals surface area contributed by atoms with Gasteiger partial charge in [0.1, 0.15) is 0 Å². The standard InChI is InChI=1S/C13H14N2O2/c1-9-3-5-11(6-4-9)8-12(16)14-13-7-10(2)15-17-13/h3-7H,8H2,1-2H3,(H,14,16). The molecule has 1 heterocycles. The van der Waals surface area contributed by atoms with Gasteiger partial charge in [-0.1, -0.05) is 35.0 Å². The molecular weight excluding hydrogens is 216 g/mol. The average molecular weight is 230 g/mol. The van der Waals surface area contributed by atoms with E-state index in [1.165, 1.54) is 5.56 Å². The van der Waals surface area contributed by atoms with Gasteiger partial charge < -0.3 is 4.52 Å². The van der Waals surface area contributed by atoms with E-state index in [1.54, 1.807) is 13.0 Å². The molecule has 0 fully saturated rings. The van der Waals surface area contributed by atoms with E-state index in [0.717, 1.165) is 11.3 Å². The highest BCUT2D eigenvalue weighted by Crippen LogP contribution is 2.10. The molecule has 0 saturated heterocycles. The van der Waals surface area contributed by atoms with Crippen LogP contribution < -0.4 is 5.32 Å². The minimum Gasteiger partial charge on any atom is -0.338 e. The second-order valence-corrected chi connectivity index (χ2v) is 4.04. The Hall–Kier alpha value is -2.10. The first-order valence-corrected chi connectivity index (χ1v) is 5.42. The molecule has 4 nitrogen and oxygen atoms in total. The van der Waals surface area contributed by atoms with Crippen molar-refractivity contribution in [2.24, 2.45) is 0 Å². The number of nitrogens with one attached hydrogen (secondary N) is 1. The molecule has 0 aliphatic heterocycles. The van der Waals surface area contributed by atoms with E-state index >= 15 is 0 Å². The zero-order chi connectivity index (χ0) is 12.3. The quantitative estimate of drug-likeness (QED) is 0.881. The van der Waals surface area contributed by atoms with Crippen molar-refractivity contribution in [1.29, 1.82) is 0 Å². The molecule has 4 heteroatoms. The number of aryl methyl sites for hydroxylation is 2. The predicted molar refractivity (Wildman–Crippen MR) is 64.8 cm³/mol. The average Bonchev–Trinajstić information content (AvgIpc) is 2.67. The molecule has 0 bridgehead atoms. The van der Waals surface area contributed by atoms with Crippen LogP contribution in [0.15, 0.2) is 34.9 Å². The monoisotopic (exact) mass is 230 g/mol. The molecule has 0 aliphatic carbocycles. The molecule has 0 spiro atoms. The lowest BCUT2D eigenvalue weighted by molar-refractivity contribution is -0.115. The fourth-order valence-corrected chi connectivity index (χ4v) is 1.50. The third-order valence-electron chi connectivity index (χ3n) is 2.38. The molecule has 17 heavy (non-hydrogen) atoms. The van der Waals surface area contributed by atoms with Gasteiger partial charge in [-0.15, -0.1) is 0 Å². The normalized spacial score (nSPS) is 10.2. The van der Waals surface area contributed by atoms with E-state index in [-0.39, 0.29) is 5.91 Å². The predicted octanol–water partition coefficient (Wildman–Crippen LogP) is 2.47. The number of anilines is 1. The molecule has 0 aliphatic rings. The van der Waals surface area contributed by atoms with Crippen LogP contribution in [0.5, 0.6) is 0 Å². The summed E-state index contributed by atoms with van der Waals surface area (Å²) in [4.78, 5) is 11.7. The molecular formula is C13H14N2O2. The van der Waals surface area contributed by atoms with Crippen molar-refractivity contribution in [3.8, 4) is 0 Å². The number of benzene rings is 1. The van der Waals surface area contributed by atoms with Crippen LogP contribution in [-0.4, -0.2) is 11.1 Å². The molecule has 0 saturated carbocycles. The number of hydrogen-bond donors (Lipinski definition) is 1. The zero-order valence-corrected chi connectivity index (χ0v) is 9.86. The Morgan fingerprint density at radius 3 is 2.59 bits per heavy atom. The van der Waals surface area contributed by atoms with Crippen LogP contribution in [0.4, 0.5) is 5.88 Å². The van der Waals surface area contributed by atoms with Gasteiger partial charge in [0, 0.05) is 6.07 Å². The fraction of sp³-hybridized carbons (Fsp3) is 0.231. The Labute approximate surface area is 99.6 Å². The van der Waals surface area contributed by atoms with Gasteiger partial charge in [0.05, 0.1) is 12.1 Å². The first-order valence-electron chi connectivity index (χ1n) is 5.42. The van der Waals surface area contributed by atoms with Gasteiger partial charge in [-0.2, -0.15) is 0 Å². The highest BCUT2D eigenvalue weighted by atomic mass is 16.5. The van der Waals surface area contributed by atoms with E-state index in [0.29, 0.717) is 12.3 Å². The third-order valence-corrected chi connectivity index (χ3v) is 2.38. The molecule has 1 aromatic heterocycles. The summed E-state index contributed by atoms with van der Waals surface area (Å²) in [5.74, 6) is 0.282. The minimum absolute atomic E-state index is 0.106. The van der Waals surface area contributed by atoms with E-state index in [4.69, 9.17) is 4.52 Å². The summed E-state index contributed by atoms with van der Waals surface area (Å²) in [6.07, 6.45) is 0.333. The second-order valence-electron chi connectivity index (χ2n) is 4.04. The Morgan fingerprint density at radius 2 is 2.00 bits per heavy atom. The highest BCUT2D eigenvalue weighted by Gasteiger charge is 2.07. The van der Waals surface area contributed by atoms with Crippen molar-refractivity contribution in [2.45, 2.75) is 20.3 Å². The van der Waals surface area contributed by atoms with Crippen LogP contribution in [-0.2, 0) is 11.2 Å². The van der Waals surface area contributed by atoms with E-state index < -0.39 is 0 Å². The summed E-state index contributed by atoms with van der Waals surface area (Å²) in [5, 5.41) is 6.36. The largest absolute Gasteiger partial charge is 0.338 e. The van der Waals surface area contributed by atoms with Gasteiger partial charge in [0.2, 0.25) is 11.8 Å². The van der Waals surface area contributed by atoms with Gasteiger partial charge in [-0.25, -0.2) is 0 Å². The number of hydrogen-bond acceptors (Lipinski definition) is 3. The van der Waals surface area contributed by atoms with E-state index in [1.807, 2.05) is 31.2 Å². The lowest BCUT2D eigenvalue weighted by atomic mass is 10.1. The molecule has 0 unspecified atom stereocenters. The Bertz CT molecular complexity index is 514. The molecule has 2 rings (SSSR count). The van der Waals surface area contributed by atoms with Gasteiger partial charge in [-0.05, 0) is 19.4 Å². The number of aromatic nitrogens is 1. The number of carbonyl (C=O) groups is 1. The molecule has 1 N–H and O–H groups in total. The summed E-state index contributed by atoms with van der Waals surface area (Å²) < 4.78 is 4.91. The SMILES string of the molecule is Cc1ccc(CC(=O)Nc2cc(C)no2)cc1. The van der Waals surface area contributed by atoms with Crippen LogP contribution in [0.25, 0.3) is 0 Å². The van der Waals surface area contributed by atoms with Gasteiger partial charge >= 0.3 is 0 Å². The molecule has 0 atom stereocenters. The van der Waals surface area contributed by atoms with Crippen molar-refractivity contribution in [3.05, 3.63) is 47.2 Å². The van der Waals surface area contributed by atoms with Crippen molar-refractivity contribution in [1.82, 2.24) is 5.16 Å². The maximum Gasteiger partial charge on any atom is 0.231 e. The lowest BCUT2D eigenvalue weighted by Gasteiger charge is -2.01. The van der Waals surface area contributed by atoms with Crippen LogP contribution in [0.3, 0.4) is 0 Å². The third kappa shape index (κ3) is 3.17. The van der Waals surface area contributed by atoms with Crippen LogP contribution >= 0.6 is 0 Å². The van der Waals surface area contributed by atoms with Crippen molar-refractivity contribution in [2.75, 3.05) is 5.32 Å². The summed E-state index contributed by atoms with van der Waals surface area (Å²) in [6.45, 7) is 3.82.